The predicted molar refractivity (Wildman–Crippen MR) is 145 cm³/mol. The fourth-order valence-corrected chi connectivity index (χ4v) is 4.24. The van der Waals surface area contributed by atoms with Gasteiger partial charge in [-0.15, -0.1) is 0 Å². The Morgan fingerprint density at radius 3 is 1.58 bits per heavy atom. The Morgan fingerprint density at radius 1 is 0.606 bits per heavy atom. The summed E-state index contributed by atoms with van der Waals surface area (Å²) in [4.78, 5) is 11.8. The first-order chi connectivity index (χ1) is 15.7. The second-order valence-electron chi connectivity index (χ2n) is 9.38. The van der Waals surface area contributed by atoms with Gasteiger partial charge in [0.1, 0.15) is 0 Å². The maximum absolute atomic E-state index is 11.8. The summed E-state index contributed by atoms with van der Waals surface area (Å²) in [5, 5.41) is 5.31. The Bertz CT molecular complexity index is 1290. The van der Waals surface area contributed by atoms with Gasteiger partial charge < -0.3 is 0 Å². The van der Waals surface area contributed by atoms with E-state index in [4.69, 9.17) is 0 Å². The quantitative estimate of drug-likeness (QED) is 0.251. The van der Waals surface area contributed by atoms with Crippen LogP contribution in [0.5, 0.6) is 0 Å². The molecular weight excluding hydrogens is 400 g/mol. The lowest BCUT2D eigenvalue weighted by Gasteiger charge is -2.28. The van der Waals surface area contributed by atoms with Gasteiger partial charge in [-0.05, 0) is 101 Å². The van der Waals surface area contributed by atoms with Crippen molar-refractivity contribution < 1.29 is 4.79 Å². The third-order valence-electron chi connectivity index (χ3n) is 6.56. The number of allylic oxidation sites excluding steroid dienone is 2. The highest BCUT2D eigenvalue weighted by atomic mass is 16.1. The molecule has 1 aliphatic rings. The molecule has 1 aliphatic carbocycles. The number of carbonyl (C=O) groups excluding carboxylic acids is 1. The van der Waals surface area contributed by atoms with Gasteiger partial charge in [-0.3, -0.25) is 4.79 Å². The van der Waals surface area contributed by atoms with E-state index >= 15 is 0 Å². The lowest BCUT2D eigenvalue weighted by molar-refractivity contribution is 0.104. The fraction of sp³-hybridized carbons (Fsp3) is 0.281. The van der Waals surface area contributed by atoms with Crippen molar-refractivity contribution >= 4 is 27.3 Å². The van der Waals surface area contributed by atoms with Crippen LogP contribution in [0.1, 0.15) is 65.9 Å². The summed E-state index contributed by atoms with van der Waals surface area (Å²) in [6.45, 7) is 16.8. The number of ketones is 1. The molecule has 0 saturated carbocycles. The van der Waals surface area contributed by atoms with Crippen molar-refractivity contribution in [1.82, 2.24) is 0 Å². The normalized spacial score (nSPS) is 13.6. The van der Waals surface area contributed by atoms with Crippen LogP contribution < -0.4 is 0 Å². The largest absolute Gasteiger partial charge is 0.289 e. The lowest BCUT2D eigenvalue weighted by Crippen LogP contribution is -2.22. The summed E-state index contributed by atoms with van der Waals surface area (Å²) < 4.78 is 0. The molecule has 4 aromatic rings. The topological polar surface area (TPSA) is 17.1 Å². The van der Waals surface area contributed by atoms with Crippen molar-refractivity contribution in [1.29, 1.82) is 0 Å². The van der Waals surface area contributed by atoms with Crippen LogP contribution in [-0.2, 0) is 5.41 Å². The number of carbonyl (C=O) groups is 1. The number of rotatable bonds is 0. The van der Waals surface area contributed by atoms with Crippen LogP contribution in [0.2, 0.25) is 0 Å². The minimum atomic E-state index is -0.0261. The second kappa shape index (κ2) is 9.75. The number of hydrogen-bond donors (Lipinski definition) is 0. The van der Waals surface area contributed by atoms with E-state index in [-0.39, 0.29) is 11.2 Å². The Balaban J connectivity index is 0.000000173. The van der Waals surface area contributed by atoms with E-state index in [2.05, 4.69) is 89.2 Å². The van der Waals surface area contributed by atoms with Crippen molar-refractivity contribution in [2.75, 3.05) is 0 Å². The molecule has 0 fully saturated rings. The van der Waals surface area contributed by atoms with Crippen LogP contribution in [0, 0.1) is 27.7 Å². The summed E-state index contributed by atoms with van der Waals surface area (Å²) in [6, 6.07) is 21.8. The number of benzene rings is 4. The standard InChI is InChI=1S/C16H14.C14H16O.C2H6/c1-11-7-15-9-13-5-3-4-6-14(13)10-16(15)8-12(11)2;1-9-7-11-12(8-10(9)2)14(3,4)6-5-13(11)15;1-2/h3-10H,1-2H3;5-8H,1-4H3;1-2H3. The first kappa shape index (κ1) is 24.5. The van der Waals surface area contributed by atoms with E-state index in [9.17, 15) is 4.79 Å². The van der Waals surface area contributed by atoms with E-state index in [1.54, 1.807) is 6.08 Å². The molecule has 5 rings (SSSR count). The molecule has 0 spiro atoms. The predicted octanol–water partition coefficient (Wildman–Crippen LogP) is 8.97. The molecule has 0 radical (unpaired) electrons. The molecule has 0 N–H and O–H groups in total. The zero-order valence-corrected chi connectivity index (χ0v) is 21.3. The first-order valence-electron chi connectivity index (χ1n) is 11.9. The van der Waals surface area contributed by atoms with Gasteiger partial charge in [0.15, 0.2) is 5.78 Å². The number of aryl methyl sites for hydroxylation is 4. The van der Waals surface area contributed by atoms with Crippen molar-refractivity contribution in [3.8, 4) is 0 Å². The van der Waals surface area contributed by atoms with Crippen molar-refractivity contribution in [2.24, 2.45) is 0 Å². The molecule has 0 heterocycles. The van der Waals surface area contributed by atoms with Crippen LogP contribution in [0.25, 0.3) is 21.5 Å². The van der Waals surface area contributed by atoms with E-state index < -0.39 is 0 Å². The third kappa shape index (κ3) is 5.09. The van der Waals surface area contributed by atoms with Crippen molar-refractivity contribution in [3.05, 3.63) is 106 Å². The third-order valence-corrected chi connectivity index (χ3v) is 6.56. The van der Waals surface area contributed by atoms with Crippen LogP contribution >= 0.6 is 0 Å². The minimum Gasteiger partial charge on any atom is -0.289 e. The zero-order valence-electron chi connectivity index (χ0n) is 21.3. The number of hydrogen-bond acceptors (Lipinski definition) is 1. The fourth-order valence-electron chi connectivity index (χ4n) is 4.24. The molecule has 33 heavy (non-hydrogen) atoms. The first-order valence-corrected chi connectivity index (χ1v) is 11.9. The summed E-state index contributed by atoms with van der Waals surface area (Å²) in [6.07, 6.45) is 3.68. The minimum absolute atomic E-state index is 0.0261. The van der Waals surface area contributed by atoms with E-state index in [1.807, 2.05) is 32.9 Å². The van der Waals surface area contributed by atoms with Gasteiger partial charge in [0.2, 0.25) is 0 Å². The summed E-state index contributed by atoms with van der Waals surface area (Å²) in [5.41, 5.74) is 7.16. The summed E-state index contributed by atoms with van der Waals surface area (Å²) in [7, 11) is 0. The molecule has 0 saturated heterocycles. The molecule has 0 bridgehead atoms. The van der Waals surface area contributed by atoms with Gasteiger partial charge in [-0.2, -0.15) is 0 Å². The summed E-state index contributed by atoms with van der Waals surface area (Å²) >= 11 is 0. The van der Waals surface area contributed by atoms with Gasteiger partial charge in [-0.1, -0.05) is 76.2 Å². The molecule has 0 aromatic heterocycles. The average molecular weight is 437 g/mol. The van der Waals surface area contributed by atoms with Gasteiger partial charge in [-0.25, -0.2) is 0 Å². The van der Waals surface area contributed by atoms with Crippen molar-refractivity contribution in [3.63, 3.8) is 0 Å². The van der Waals surface area contributed by atoms with Gasteiger partial charge >= 0.3 is 0 Å². The van der Waals surface area contributed by atoms with Crippen LogP contribution in [0.4, 0.5) is 0 Å². The molecule has 1 heteroatoms. The van der Waals surface area contributed by atoms with Crippen LogP contribution in [-0.4, -0.2) is 5.78 Å². The van der Waals surface area contributed by atoms with E-state index in [1.165, 1.54) is 43.8 Å². The Morgan fingerprint density at radius 2 is 1.06 bits per heavy atom. The highest BCUT2D eigenvalue weighted by molar-refractivity contribution is 6.07. The zero-order chi connectivity index (χ0) is 24.3. The van der Waals surface area contributed by atoms with Crippen LogP contribution in [0.15, 0.2) is 72.8 Å². The van der Waals surface area contributed by atoms with Crippen LogP contribution in [0.3, 0.4) is 0 Å². The lowest BCUT2D eigenvalue weighted by atomic mass is 9.75. The number of fused-ring (bicyclic) bond motifs is 3. The Labute approximate surface area is 199 Å². The van der Waals surface area contributed by atoms with E-state index in [0.717, 1.165) is 11.1 Å². The molecule has 4 aromatic carbocycles. The summed E-state index contributed by atoms with van der Waals surface area (Å²) in [5.74, 6) is 0.132. The van der Waals surface area contributed by atoms with E-state index in [0.29, 0.717) is 0 Å². The van der Waals surface area contributed by atoms with Gasteiger partial charge in [0.05, 0.1) is 0 Å². The maximum Gasteiger partial charge on any atom is 0.185 e. The Hall–Kier alpha value is -3.19. The van der Waals surface area contributed by atoms with Gasteiger partial charge in [0, 0.05) is 11.0 Å². The molecule has 0 unspecified atom stereocenters. The molecule has 0 amide bonds. The molecule has 1 nitrogen and oxygen atoms in total. The molecular formula is C32H36O. The Kier molecular flexibility index (Phi) is 7.22. The smallest absolute Gasteiger partial charge is 0.185 e. The molecule has 0 atom stereocenters. The average Bonchev–Trinajstić information content (AvgIpc) is 2.79. The molecule has 0 aliphatic heterocycles. The highest BCUT2D eigenvalue weighted by Gasteiger charge is 2.27. The second-order valence-corrected chi connectivity index (χ2v) is 9.38. The maximum atomic E-state index is 11.8. The van der Waals surface area contributed by atoms with Gasteiger partial charge in [0.25, 0.3) is 0 Å². The van der Waals surface area contributed by atoms with Crippen molar-refractivity contribution in [2.45, 2.75) is 60.8 Å². The monoisotopic (exact) mass is 436 g/mol. The highest BCUT2D eigenvalue weighted by Crippen LogP contribution is 2.33. The molecule has 170 valence electrons. The SMILES string of the molecule is CC.Cc1cc2c(cc1C)C(C)(C)C=CC2=O.Cc1cc2cc3ccccc3cc2cc1C.